The highest BCUT2D eigenvalue weighted by Gasteiger charge is 2.04. The topological polar surface area (TPSA) is 56.7 Å². The Balaban J connectivity index is 2.23. The van der Waals surface area contributed by atoms with Gasteiger partial charge in [-0.1, -0.05) is 17.7 Å². The summed E-state index contributed by atoms with van der Waals surface area (Å²) in [5.74, 6) is 0.482. The Labute approximate surface area is 86.3 Å². The summed E-state index contributed by atoms with van der Waals surface area (Å²) in [6.07, 6.45) is 5.03. The average molecular weight is 209 g/mol. The molecule has 0 saturated carbocycles. The predicted molar refractivity (Wildman–Crippen MR) is 55.0 cm³/mol. The van der Waals surface area contributed by atoms with Crippen LogP contribution in [0.25, 0.3) is 0 Å². The van der Waals surface area contributed by atoms with E-state index in [0.29, 0.717) is 17.4 Å². The summed E-state index contributed by atoms with van der Waals surface area (Å²) >= 11 is 5.77. The molecule has 4 nitrogen and oxygen atoms in total. The summed E-state index contributed by atoms with van der Waals surface area (Å²) in [5.41, 5.74) is 6.74. The molecular formula is C9H9ClN4. The van der Waals surface area contributed by atoms with E-state index in [1.165, 1.54) is 6.20 Å². The first-order valence-corrected chi connectivity index (χ1v) is 4.51. The Morgan fingerprint density at radius 3 is 2.86 bits per heavy atom. The maximum atomic E-state index is 5.77. The Morgan fingerprint density at radius 2 is 2.29 bits per heavy atom. The van der Waals surface area contributed by atoms with Crippen LogP contribution in [0.2, 0.25) is 5.02 Å². The van der Waals surface area contributed by atoms with Gasteiger partial charge in [0.25, 0.3) is 0 Å². The van der Waals surface area contributed by atoms with Crippen LogP contribution in [0.3, 0.4) is 0 Å². The standard InChI is InChI=1S/C9H9ClN4/c10-8-5-13-14(9(8)11)6-7-2-1-3-12-4-7/h1-5H,6,11H2. The molecule has 2 N–H and O–H groups in total. The smallest absolute Gasteiger partial charge is 0.140 e. The molecule has 2 heterocycles. The van der Waals surface area contributed by atoms with Gasteiger partial charge in [0.1, 0.15) is 10.8 Å². The molecule has 0 aliphatic rings. The molecule has 2 rings (SSSR count). The lowest BCUT2D eigenvalue weighted by Crippen LogP contribution is -2.05. The van der Waals surface area contributed by atoms with Crippen LogP contribution >= 0.6 is 11.6 Å². The molecule has 0 aliphatic carbocycles. The Morgan fingerprint density at radius 1 is 1.43 bits per heavy atom. The highest BCUT2D eigenvalue weighted by Crippen LogP contribution is 2.17. The number of hydrogen-bond acceptors (Lipinski definition) is 3. The summed E-state index contributed by atoms with van der Waals surface area (Å²) in [7, 11) is 0. The highest BCUT2D eigenvalue weighted by atomic mass is 35.5. The van der Waals surface area contributed by atoms with E-state index in [1.54, 1.807) is 17.1 Å². The maximum absolute atomic E-state index is 5.77. The zero-order valence-corrected chi connectivity index (χ0v) is 8.15. The van der Waals surface area contributed by atoms with Crippen LogP contribution in [0.5, 0.6) is 0 Å². The molecule has 0 fully saturated rings. The highest BCUT2D eigenvalue weighted by molar-refractivity contribution is 6.32. The number of nitrogen functional groups attached to an aromatic ring is 1. The van der Waals surface area contributed by atoms with Crippen molar-refractivity contribution in [3.8, 4) is 0 Å². The monoisotopic (exact) mass is 208 g/mol. The number of nitrogens with zero attached hydrogens (tertiary/aromatic N) is 3. The quantitative estimate of drug-likeness (QED) is 0.815. The van der Waals surface area contributed by atoms with Crippen molar-refractivity contribution in [2.75, 3.05) is 5.73 Å². The van der Waals surface area contributed by atoms with E-state index in [0.717, 1.165) is 5.56 Å². The molecule has 2 aromatic heterocycles. The first-order chi connectivity index (χ1) is 6.77. The molecule has 0 atom stereocenters. The number of aromatic nitrogens is 3. The van der Waals surface area contributed by atoms with Gasteiger partial charge in [-0.25, -0.2) is 4.68 Å². The van der Waals surface area contributed by atoms with Gasteiger partial charge in [0.2, 0.25) is 0 Å². The molecule has 72 valence electrons. The SMILES string of the molecule is Nc1c(Cl)cnn1Cc1cccnc1. The lowest BCUT2D eigenvalue weighted by Gasteiger charge is -2.03. The molecule has 0 aliphatic heterocycles. The number of hydrogen-bond donors (Lipinski definition) is 1. The third-order valence-corrected chi connectivity index (χ3v) is 2.18. The minimum Gasteiger partial charge on any atom is -0.383 e. The number of rotatable bonds is 2. The number of anilines is 1. The molecular weight excluding hydrogens is 200 g/mol. The first-order valence-electron chi connectivity index (χ1n) is 4.13. The van der Waals surface area contributed by atoms with Crippen molar-refractivity contribution in [1.29, 1.82) is 0 Å². The van der Waals surface area contributed by atoms with Crippen LogP contribution in [-0.4, -0.2) is 14.8 Å². The van der Waals surface area contributed by atoms with E-state index in [9.17, 15) is 0 Å². The Kier molecular flexibility index (Phi) is 2.37. The normalized spacial score (nSPS) is 10.4. The van der Waals surface area contributed by atoms with Gasteiger partial charge >= 0.3 is 0 Å². The van der Waals surface area contributed by atoms with Gasteiger partial charge in [-0.3, -0.25) is 4.98 Å². The van der Waals surface area contributed by atoms with E-state index in [-0.39, 0.29) is 0 Å². The van der Waals surface area contributed by atoms with Crippen molar-refractivity contribution < 1.29 is 0 Å². The molecule has 0 unspecified atom stereocenters. The second kappa shape index (κ2) is 3.67. The fourth-order valence-electron chi connectivity index (χ4n) is 1.16. The largest absolute Gasteiger partial charge is 0.383 e. The van der Waals surface area contributed by atoms with Crippen LogP contribution in [0.15, 0.2) is 30.7 Å². The van der Waals surface area contributed by atoms with Crippen LogP contribution < -0.4 is 5.73 Å². The van der Waals surface area contributed by atoms with Crippen molar-refractivity contribution in [3.63, 3.8) is 0 Å². The Hall–Kier alpha value is -1.55. The van der Waals surface area contributed by atoms with E-state index < -0.39 is 0 Å². The van der Waals surface area contributed by atoms with Crippen LogP contribution in [-0.2, 0) is 6.54 Å². The maximum Gasteiger partial charge on any atom is 0.140 e. The van der Waals surface area contributed by atoms with Crippen molar-refractivity contribution in [1.82, 2.24) is 14.8 Å². The summed E-state index contributed by atoms with van der Waals surface area (Å²) < 4.78 is 1.64. The van der Waals surface area contributed by atoms with Crippen molar-refractivity contribution in [2.24, 2.45) is 0 Å². The number of nitrogens with two attached hydrogens (primary N) is 1. The Bertz CT molecular complexity index is 424. The minimum absolute atomic E-state index is 0.480. The molecule has 0 spiro atoms. The van der Waals surface area contributed by atoms with Gasteiger partial charge < -0.3 is 5.73 Å². The predicted octanol–water partition coefficient (Wildman–Crippen LogP) is 1.56. The second-order valence-electron chi connectivity index (χ2n) is 2.90. The molecule has 0 bridgehead atoms. The summed E-state index contributed by atoms with van der Waals surface area (Å²) in [5, 5.41) is 4.52. The van der Waals surface area contributed by atoms with E-state index >= 15 is 0 Å². The molecule has 0 aromatic carbocycles. The molecule has 0 radical (unpaired) electrons. The average Bonchev–Trinajstić information content (AvgIpc) is 2.52. The summed E-state index contributed by atoms with van der Waals surface area (Å²) in [6.45, 7) is 0.590. The lowest BCUT2D eigenvalue weighted by atomic mass is 10.3. The number of halogens is 1. The van der Waals surface area contributed by atoms with Gasteiger partial charge in [0.15, 0.2) is 0 Å². The van der Waals surface area contributed by atoms with E-state index in [4.69, 9.17) is 17.3 Å². The van der Waals surface area contributed by atoms with Gasteiger partial charge in [-0.2, -0.15) is 5.10 Å². The fraction of sp³-hybridized carbons (Fsp3) is 0.111. The second-order valence-corrected chi connectivity index (χ2v) is 3.30. The molecule has 5 heteroatoms. The van der Waals surface area contributed by atoms with E-state index in [1.807, 2.05) is 12.1 Å². The van der Waals surface area contributed by atoms with Crippen molar-refractivity contribution in [3.05, 3.63) is 41.3 Å². The fourth-order valence-corrected chi connectivity index (χ4v) is 1.30. The summed E-state index contributed by atoms with van der Waals surface area (Å²) in [6, 6.07) is 3.83. The zero-order chi connectivity index (χ0) is 9.97. The molecule has 0 saturated heterocycles. The molecule has 0 amide bonds. The van der Waals surface area contributed by atoms with Gasteiger partial charge in [0, 0.05) is 12.4 Å². The first kappa shape index (κ1) is 9.02. The van der Waals surface area contributed by atoms with E-state index in [2.05, 4.69) is 10.1 Å². The van der Waals surface area contributed by atoms with Crippen LogP contribution in [0.1, 0.15) is 5.56 Å². The van der Waals surface area contributed by atoms with Crippen molar-refractivity contribution >= 4 is 17.4 Å². The molecule has 14 heavy (non-hydrogen) atoms. The third-order valence-electron chi connectivity index (χ3n) is 1.89. The summed E-state index contributed by atoms with van der Waals surface area (Å²) in [4.78, 5) is 4.00. The van der Waals surface area contributed by atoms with Crippen LogP contribution in [0, 0.1) is 0 Å². The van der Waals surface area contributed by atoms with Gasteiger partial charge in [0.05, 0.1) is 12.7 Å². The molecule has 2 aromatic rings. The third kappa shape index (κ3) is 1.70. The lowest BCUT2D eigenvalue weighted by molar-refractivity contribution is 0.695. The zero-order valence-electron chi connectivity index (χ0n) is 7.39. The number of pyridine rings is 1. The van der Waals surface area contributed by atoms with Crippen LogP contribution in [0.4, 0.5) is 5.82 Å². The van der Waals surface area contributed by atoms with Gasteiger partial charge in [-0.05, 0) is 11.6 Å². The van der Waals surface area contributed by atoms with Crippen molar-refractivity contribution in [2.45, 2.75) is 6.54 Å². The van der Waals surface area contributed by atoms with Gasteiger partial charge in [-0.15, -0.1) is 0 Å². The minimum atomic E-state index is 0.480.